The third-order valence-corrected chi connectivity index (χ3v) is 2.98. The molecule has 0 radical (unpaired) electrons. The summed E-state index contributed by atoms with van der Waals surface area (Å²) in [5.41, 5.74) is 7.86. The van der Waals surface area contributed by atoms with Crippen molar-refractivity contribution >= 4 is 0 Å². The molecule has 2 N–H and O–H groups in total. The van der Waals surface area contributed by atoms with Crippen LogP contribution in [-0.2, 0) is 13.0 Å². The van der Waals surface area contributed by atoms with E-state index in [0.29, 0.717) is 6.54 Å². The summed E-state index contributed by atoms with van der Waals surface area (Å²) in [6.45, 7) is 3.65. The summed E-state index contributed by atoms with van der Waals surface area (Å²) in [6.07, 6.45) is 2.76. The van der Waals surface area contributed by atoms with E-state index in [1.807, 2.05) is 30.5 Å². The molecule has 0 aliphatic rings. The van der Waals surface area contributed by atoms with Crippen LogP contribution in [0.25, 0.3) is 11.4 Å². The lowest BCUT2D eigenvalue weighted by atomic mass is 10.2. The van der Waals surface area contributed by atoms with Crippen LogP contribution in [0.5, 0.6) is 5.75 Å². The molecule has 0 amide bonds. The summed E-state index contributed by atoms with van der Waals surface area (Å²) >= 11 is 0. The van der Waals surface area contributed by atoms with Gasteiger partial charge in [0.05, 0.1) is 7.11 Å². The zero-order chi connectivity index (χ0) is 13.0. The van der Waals surface area contributed by atoms with E-state index in [-0.39, 0.29) is 0 Å². The first kappa shape index (κ1) is 12.6. The van der Waals surface area contributed by atoms with Gasteiger partial charge in [-0.15, -0.1) is 0 Å². The Bertz CT molecular complexity index is 520. The van der Waals surface area contributed by atoms with Gasteiger partial charge in [0, 0.05) is 30.4 Å². The zero-order valence-corrected chi connectivity index (χ0v) is 10.9. The number of hydrogen-bond donors (Lipinski definition) is 1. The maximum atomic E-state index is 5.62. The fourth-order valence-electron chi connectivity index (χ4n) is 2.10. The highest BCUT2D eigenvalue weighted by Gasteiger charge is 2.10. The van der Waals surface area contributed by atoms with E-state index in [0.717, 1.165) is 30.1 Å². The number of methoxy groups -OCH3 is 1. The number of benzene rings is 1. The number of rotatable bonds is 5. The van der Waals surface area contributed by atoms with E-state index in [4.69, 9.17) is 10.5 Å². The monoisotopic (exact) mass is 245 g/mol. The molecule has 1 heterocycles. The first-order valence-corrected chi connectivity index (χ1v) is 6.19. The average molecular weight is 245 g/mol. The van der Waals surface area contributed by atoms with Gasteiger partial charge < -0.3 is 15.0 Å². The molecule has 18 heavy (non-hydrogen) atoms. The second-order valence-electron chi connectivity index (χ2n) is 4.09. The van der Waals surface area contributed by atoms with Gasteiger partial charge in [-0.2, -0.15) is 0 Å². The van der Waals surface area contributed by atoms with Crippen LogP contribution in [0.15, 0.2) is 30.5 Å². The minimum Gasteiger partial charge on any atom is -0.497 e. The number of hydrogen-bond acceptors (Lipinski definition) is 3. The summed E-state index contributed by atoms with van der Waals surface area (Å²) in [6, 6.07) is 7.96. The maximum Gasteiger partial charge on any atom is 0.140 e. The highest BCUT2D eigenvalue weighted by molar-refractivity contribution is 5.58. The van der Waals surface area contributed by atoms with Gasteiger partial charge in [-0.05, 0) is 25.6 Å². The molecular weight excluding hydrogens is 226 g/mol. The van der Waals surface area contributed by atoms with Crippen molar-refractivity contribution in [3.05, 3.63) is 36.2 Å². The molecule has 0 atom stereocenters. The summed E-state index contributed by atoms with van der Waals surface area (Å²) < 4.78 is 7.44. The van der Waals surface area contributed by atoms with E-state index < -0.39 is 0 Å². The van der Waals surface area contributed by atoms with E-state index >= 15 is 0 Å². The Morgan fingerprint density at radius 1 is 1.39 bits per heavy atom. The van der Waals surface area contributed by atoms with Gasteiger partial charge in [0.15, 0.2) is 0 Å². The molecule has 0 fully saturated rings. The lowest BCUT2D eigenvalue weighted by Gasteiger charge is -2.09. The molecule has 2 rings (SSSR count). The van der Waals surface area contributed by atoms with E-state index in [2.05, 4.69) is 16.5 Å². The number of imidazole rings is 1. The lowest BCUT2D eigenvalue weighted by Crippen LogP contribution is -2.09. The number of aromatic nitrogens is 2. The largest absolute Gasteiger partial charge is 0.497 e. The van der Waals surface area contributed by atoms with Crippen molar-refractivity contribution in [2.45, 2.75) is 19.9 Å². The van der Waals surface area contributed by atoms with Crippen LogP contribution in [0.3, 0.4) is 0 Å². The highest BCUT2D eigenvalue weighted by Crippen LogP contribution is 2.24. The molecular formula is C14H19N3O. The molecule has 0 bridgehead atoms. The second-order valence-corrected chi connectivity index (χ2v) is 4.09. The number of nitrogens with two attached hydrogens (primary N) is 1. The van der Waals surface area contributed by atoms with Crippen molar-refractivity contribution in [2.75, 3.05) is 13.7 Å². The van der Waals surface area contributed by atoms with Gasteiger partial charge in [-0.3, -0.25) is 0 Å². The normalized spacial score (nSPS) is 10.6. The molecule has 1 aromatic heterocycles. The lowest BCUT2D eigenvalue weighted by molar-refractivity contribution is 0.415. The van der Waals surface area contributed by atoms with Crippen LogP contribution in [0, 0.1) is 0 Å². The van der Waals surface area contributed by atoms with Crippen LogP contribution in [0.1, 0.15) is 12.6 Å². The van der Waals surface area contributed by atoms with Crippen LogP contribution >= 0.6 is 0 Å². The fraction of sp³-hybridized carbons (Fsp3) is 0.357. The smallest absolute Gasteiger partial charge is 0.140 e. The predicted molar refractivity (Wildman–Crippen MR) is 72.6 cm³/mol. The zero-order valence-electron chi connectivity index (χ0n) is 10.9. The predicted octanol–water partition coefficient (Wildman–Crippen LogP) is 2.08. The molecule has 1 aromatic carbocycles. The van der Waals surface area contributed by atoms with Crippen LogP contribution in [0.4, 0.5) is 0 Å². The van der Waals surface area contributed by atoms with Crippen molar-refractivity contribution in [1.29, 1.82) is 0 Å². The minimum absolute atomic E-state index is 0.642. The molecule has 0 aliphatic carbocycles. The molecule has 0 aliphatic heterocycles. The highest BCUT2D eigenvalue weighted by atomic mass is 16.5. The van der Waals surface area contributed by atoms with Gasteiger partial charge >= 0.3 is 0 Å². The third-order valence-electron chi connectivity index (χ3n) is 2.98. The third kappa shape index (κ3) is 2.38. The molecule has 0 saturated carbocycles. The molecule has 96 valence electrons. The molecule has 0 spiro atoms. The van der Waals surface area contributed by atoms with E-state index in [1.54, 1.807) is 7.11 Å². The number of nitrogens with zero attached hydrogens (tertiary/aromatic N) is 2. The Morgan fingerprint density at radius 2 is 2.22 bits per heavy atom. The molecule has 2 aromatic rings. The van der Waals surface area contributed by atoms with Gasteiger partial charge in [0.25, 0.3) is 0 Å². The Labute approximate surface area is 107 Å². The average Bonchev–Trinajstić information content (AvgIpc) is 2.82. The SMILES string of the molecule is CCn1c(CCN)cnc1-c1cccc(OC)c1. The Kier molecular flexibility index (Phi) is 3.99. The van der Waals surface area contributed by atoms with Crippen molar-refractivity contribution in [3.8, 4) is 17.1 Å². The van der Waals surface area contributed by atoms with Crippen molar-refractivity contribution < 1.29 is 4.74 Å². The van der Waals surface area contributed by atoms with Crippen LogP contribution in [-0.4, -0.2) is 23.2 Å². The molecule has 4 heteroatoms. The second kappa shape index (κ2) is 5.69. The van der Waals surface area contributed by atoms with E-state index in [9.17, 15) is 0 Å². The Hall–Kier alpha value is -1.81. The Balaban J connectivity index is 2.43. The molecule has 4 nitrogen and oxygen atoms in total. The fourth-order valence-corrected chi connectivity index (χ4v) is 2.10. The summed E-state index contributed by atoms with van der Waals surface area (Å²) in [7, 11) is 1.67. The quantitative estimate of drug-likeness (QED) is 0.877. The summed E-state index contributed by atoms with van der Waals surface area (Å²) in [5.74, 6) is 1.82. The van der Waals surface area contributed by atoms with Crippen molar-refractivity contribution in [2.24, 2.45) is 5.73 Å². The first-order chi connectivity index (χ1) is 8.80. The van der Waals surface area contributed by atoms with E-state index in [1.165, 1.54) is 5.69 Å². The van der Waals surface area contributed by atoms with Gasteiger partial charge in [-0.25, -0.2) is 4.98 Å². The van der Waals surface area contributed by atoms with Gasteiger partial charge in [-0.1, -0.05) is 12.1 Å². The van der Waals surface area contributed by atoms with Crippen molar-refractivity contribution in [1.82, 2.24) is 9.55 Å². The summed E-state index contributed by atoms with van der Waals surface area (Å²) in [5, 5.41) is 0. The van der Waals surface area contributed by atoms with Crippen LogP contribution < -0.4 is 10.5 Å². The maximum absolute atomic E-state index is 5.62. The molecule has 0 saturated heterocycles. The number of ether oxygens (including phenoxy) is 1. The topological polar surface area (TPSA) is 53.1 Å². The van der Waals surface area contributed by atoms with Gasteiger partial charge in [0.2, 0.25) is 0 Å². The summed E-state index contributed by atoms with van der Waals surface area (Å²) in [4.78, 5) is 4.50. The Morgan fingerprint density at radius 3 is 2.89 bits per heavy atom. The minimum atomic E-state index is 0.642. The molecule has 0 unspecified atom stereocenters. The van der Waals surface area contributed by atoms with Crippen LogP contribution in [0.2, 0.25) is 0 Å². The van der Waals surface area contributed by atoms with Gasteiger partial charge in [0.1, 0.15) is 11.6 Å². The first-order valence-electron chi connectivity index (χ1n) is 6.19. The standard InChI is InChI=1S/C14H19N3O/c1-3-17-12(7-8-15)10-16-14(17)11-5-4-6-13(9-11)18-2/h4-6,9-10H,3,7-8,15H2,1-2H3. The van der Waals surface area contributed by atoms with Crippen molar-refractivity contribution in [3.63, 3.8) is 0 Å².